The van der Waals surface area contributed by atoms with Crippen LogP contribution in [0.1, 0.15) is 68.4 Å². The molecule has 0 saturated heterocycles. The Hall–Kier alpha value is -3.12. The number of hydrogen-bond acceptors (Lipinski definition) is 4. The van der Waals surface area contributed by atoms with E-state index in [2.05, 4.69) is 19.2 Å². The van der Waals surface area contributed by atoms with Crippen LogP contribution in [0.5, 0.6) is 0 Å². The van der Waals surface area contributed by atoms with Crippen LogP contribution in [-0.2, 0) is 20.9 Å². The number of carbonyl (C=O) groups is 3. The topological polar surface area (TPSA) is 75.7 Å². The molecule has 1 aliphatic rings. The van der Waals surface area contributed by atoms with Gasteiger partial charge in [0.1, 0.15) is 0 Å². The summed E-state index contributed by atoms with van der Waals surface area (Å²) in [6.45, 7) is 10.1. The number of benzene rings is 2. The molecule has 0 bridgehead atoms. The van der Waals surface area contributed by atoms with Crippen LogP contribution >= 0.6 is 11.6 Å². The first-order valence-electron chi connectivity index (χ1n) is 12.0. The van der Waals surface area contributed by atoms with Gasteiger partial charge in [-0.25, -0.2) is 4.79 Å². The summed E-state index contributed by atoms with van der Waals surface area (Å²) >= 11 is 6.19. The van der Waals surface area contributed by atoms with Crippen molar-refractivity contribution in [2.24, 2.45) is 5.92 Å². The van der Waals surface area contributed by atoms with Crippen molar-refractivity contribution in [2.45, 2.75) is 59.5 Å². The van der Waals surface area contributed by atoms with Gasteiger partial charge in [-0.1, -0.05) is 49.7 Å². The van der Waals surface area contributed by atoms with Gasteiger partial charge in [-0.15, -0.1) is 0 Å². The molecule has 0 aromatic heterocycles. The number of hydrogen-bond donors (Lipinski definition) is 1. The maximum atomic E-state index is 13.3. The van der Waals surface area contributed by atoms with Crippen molar-refractivity contribution in [2.75, 3.05) is 6.61 Å². The number of halogens is 1. The van der Waals surface area contributed by atoms with Crippen LogP contribution in [0.4, 0.5) is 0 Å². The lowest BCUT2D eigenvalue weighted by Crippen LogP contribution is -2.38. The van der Waals surface area contributed by atoms with E-state index in [0.717, 1.165) is 11.1 Å². The van der Waals surface area contributed by atoms with Crippen LogP contribution in [-0.4, -0.2) is 35.3 Å². The molecule has 2 unspecified atom stereocenters. The fraction of sp³-hybridized carbons (Fsp3) is 0.393. The van der Waals surface area contributed by atoms with Crippen LogP contribution in [0, 0.1) is 5.92 Å². The first-order chi connectivity index (χ1) is 16.6. The Balaban J connectivity index is 1.93. The molecule has 7 heteroatoms. The second-order valence-corrected chi connectivity index (χ2v) is 9.65. The van der Waals surface area contributed by atoms with E-state index in [4.69, 9.17) is 16.3 Å². The fourth-order valence-electron chi connectivity index (χ4n) is 4.14. The lowest BCUT2D eigenvalue weighted by molar-refractivity contribution is -0.140. The van der Waals surface area contributed by atoms with Gasteiger partial charge in [-0.05, 0) is 62.1 Å². The molecule has 186 valence electrons. The van der Waals surface area contributed by atoms with Gasteiger partial charge in [0.2, 0.25) is 5.91 Å². The smallest absolute Gasteiger partial charge is 0.336 e. The molecule has 3 rings (SSSR count). The highest BCUT2D eigenvalue weighted by Crippen LogP contribution is 2.38. The van der Waals surface area contributed by atoms with Gasteiger partial charge in [0.15, 0.2) is 0 Å². The zero-order chi connectivity index (χ0) is 25.7. The third kappa shape index (κ3) is 6.31. The SMILES string of the molecule is CCOC(=O)C1=C(C)N(Cc2cccc(C(=O)NC(C)C(C)C)c2)C(=O)CC1c1cccc(Cl)c1. The highest BCUT2D eigenvalue weighted by molar-refractivity contribution is 6.30. The number of nitrogens with one attached hydrogen (secondary N) is 1. The molecule has 0 spiro atoms. The summed E-state index contributed by atoms with van der Waals surface area (Å²) in [6.07, 6.45) is 0.123. The number of carbonyl (C=O) groups excluding carboxylic acids is 3. The van der Waals surface area contributed by atoms with E-state index in [1.165, 1.54) is 0 Å². The normalized spacial score (nSPS) is 16.9. The largest absolute Gasteiger partial charge is 0.463 e. The Morgan fingerprint density at radius 2 is 1.86 bits per heavy atom. The van der Waals surface area contributed by atoms with Crippen molar-refractivity contribution in [1.82, 2.24) is 10.2 Å². The zero-order valence-electron chi connectivity index (χ0n) is 20.9. The molecule has 1 aliphatic heterocycles. The minimum atomic E-state index is -0.441. The quantitative estimate of drug-likeness (QED) is 0.492. The lowest BCUT2D eigenvalue weighted by Gasteiger charge is -2.34. The number of esters is 1. The van der Waals surface area contributed by atoms with E-state index in [0.29, 0.717) is 27.8 Å². The molecule has 2 aromatic rings. The molecule has 35 heavy (non-hydrogen) atoms. The molecule has 0 radical (unpaired) electrons. The van der Waals surface area contributed by atoms with Crippen LogP contribution < -0.4 is 5.32 Å². The Labute approximate surface area is 212 Å². The summed E-state index contributed by atoms with van der Waals surface area (Å²) in [5.74, 6) is -0.827. The molecule has 0 aliphatic carbocycles. The van der Waals surface area contributed by atoms with Gasteiger partial charge in [0.25, 0.3) is 5.91 Å². The molecule has 6 nitrogen and oxygen atoms in total. The van der Waals surface area contributed by atoms with Crippen molar-refractivity contribution in [3.63, 3.8) is 0 Å². The molecule has 2 atom stereocenters. The summed E-state index contributed by atoms with van der Waals surface area (Å²) in [5, 5.41) is 3.55. The van der Waals surface area contributed by atoms with E-state index in [1.807, 2.05) is 25.1 Å². The molecule has 1 N–H and O–H groups in total. The van der Waals surface area contributed by atoms with Crippen molar-refractivity contribution in [3.05, 3.63) is 81.5 Å². The van der Waals surface area contributed by atoms with Crippen LogP contribution in [0.2, 0.25) is 5.02 Å². The van der Waals surface area contributed by atoms with Crippen LogP contribution in [0.3, 0.4) is 0 Å². The van der Waals surface area contributed by atoms with Crippen molar-refractivity contribution in [3.8, 4) is 0 Å². The second-order valence-electron chi connectivity index (χ2n) is 9.22. The lowest BCUT2D eigenvalue weighted by atomic mass is 9.83. The maximum Gasteiger partial charge on any atom is 0.336 e. The van der Waals surface area contributed by atoms with Gasteiger partial charge in [-0.3, -0.25) is 9.59 Å². The Morgan fingerprint density at radius 3 is 2.51 bits per heavy atom. The molecular weight excluding hydrogens is 464 g/mol. The molecule has 2 amide bonds. The number of allylic oxidation sites excluding steroid dienone is 1. The number of amides is 2. The third-order valence-corrected chi connectivity index (χ3v) is 6.69. The standard InChI is InChI=1S/C28H33ClN2O4/c1-6-35-28(34)26-19(5)31(25(32)15-24(26)21-10-8-12-23(29)14-21)16-20-9-7-11-22(13-20)27(33)30-18(4)17(2)3/h7-14,17-18,24H,6,15-16H2,1-5H3,(H,30,33). The molecular formula is C28H33ClN2O4. The Morgan fingerprint density at radius 1 is 1.14 bits per heavy atom. The third-order valence-electron chi connectivity index (χ3n) is 6.46. The van der Waals surface area contributed by atoms with E-state index in [1.54, 1.807) is 49.1 Å². The van der Waals surface area contributed by atoms with Gasteiger partial charge >= 0.3 is 5.97 Å². The highest BCUT2D eigenvalue weighted by atomic mass is 35.5. The predicted molar refractivity (Wildman–Crippen MR) is 137 cm³/mol. The van der Waals surface area contributed by atoms with Gasteiger partial charge in [0.05, 0.1) is 18.7 Å². The first kappa shape index (κ1) is 26.5. The second kappa shape index (κ2) is 11.5. The minimum absolute atomic E-state index is 0.0376. The number of nitrogens with zero attached hydrogens (tertiary/aromatic N) is 1. The number of rotatable bonds is 8. The van der Waals surface area contributed by atoms with E-state index in [-0.39, 0.29) is 37.4 Å². The Kier molecular flexibility index (Phi) is 8.73. The van der Waals surface area contributed by atoms with E-state index < -0.39 is 11.9 Å². The van der Waals surface area contributed by atoms with Crippen LogP contribution in [0.25, 0.3) is 0 Å². The van der Waals surface area contributed by atoms with Crippen molar-refractivity contribution >= 4 is 29.4 Å². The van der Waals surface area contributed by atoms with E-state index in [9.17, 15) is 14.4 Å². The highest BCUT2D eigenvalue weighted by Gasteiger charge is 2.37. The van der Waals surface area contributed by atoms with Gasteiger partial charge < -0.3 is 15.0 Å². The van der Waals surface area contributed by atoms with Gasteiger partial charge in [0, 0.05) is 34.7 Å². The molecule has 0 saturated carbocycles. The van der Waals surface area contributed by atoms with E-state index >= 15 is 0 Å². The Bertz CT molecular complexity index is 1140. The van der Waals surface area contributed by atoms with Crippen molar-refractivity contribution < 1.29 is 19.1 Å². The summed E-state index contributed by atoms with van der Waals surface area (Å²) in [6, 6.07) is 14.5. The number of ether oxygens (including phenoxy) is 1. The summed E-state index contributed by atoms with van der Waals surface area (Å²) in [4.78, 5) is 40.5. The summed E-state index contributed by atoms with van der Waals surface area (Å²) in [7, 11) is 0. The monoisotopic (exact) mass is 496 g/mol. The van der Waals surface area contributed by atoms with Crippen molar-refractivity contribution in [1.29, 1.82) is 0 Å². The molecule has 2 aromatic carbocycles. The van der Waals surface area contributed by atoms with Gasteiger partial charge in [-0.2, -0.15) is 0 Å². The maximum absolute atomic E-state index is 13.3. The molecule has 1 heterocycles. The average Bonchev–Trinajstić information content (AvgIpc) is 2.81. The average molecular weight is 497 g/mol. The minimum Gasteiger partial charge on any atom is -0.463 e. The predicted octanol–water partition coefficient (Wildman–Crippen LogP) is 5.47. The molecule has 0 fully saturated rings. The van der Waals surface area contributed by atoms with Crippen LogP contribution in [0.15, 0.2) is 59.8 Å². The fourth-order valence-corrected chi connectivity index (χ4v) is 4.33. The summed E-state index contributed by atoms with van der Waals surface area (Å²) < 4.78 is 5.35. The summed E-state index contributed by atoms with van der Waals surface area (Å²) in [5.41, 5.74) is 3.13. The first-order valence-corrected chi connectivity index (χ1v) is 12.3. The zero-order valence-corrected chi connectivity index (χ0v) is 21.7.